The molecular weight excluding hydrogens is 210 g/mol. The molecule has 1 aromatic heterocycles. The summed E-state index contributed by atoms with van der Waals surface area (Å²) >= 11 is 1.89. The van der Waals surface area contributed by atoms with Crippen LogP contribution in [0.3, 0.4) is 0 Å². The van der Waals surface area contributed by atoms with Gasteiger partial charge < -0.3 is 9.67 Å². The lowest BCUT2D eigenvalue weighted by Gasteiger charge is -2.14. The molecule has 1 aromatic rings. The van der Waals surface area contributed by atoms with E-state index in [1.54, 1.807) is 6.07 Å². The minimum absolute atomic E-state index is 0.378. The first-order chi connectivity index (χ1) is 7.22. The van der Waals surface area contributed by atoms with Crippen molar-refractivity contribution in [3.8, 4) is 0 Å². The number of aromatic carboxylic acids is 1. The van der Waals surface area contributed by atoms with Gasteiger partial charge in [-0.2, -0.15) is 11.8 Å². The molecule has 2 unspecified atom stereocenters. The first kappa shape index (κ1) is 10.6. The normalized spacial score (nSPS) is 25.7. The molecular formula is C11H15NO2S. The Morgan fingerprint density at radius 1 is 1.60 bits per heavy atom. The van der Waals surface area contributed by atoms with Gasteiger partial charge in [0, 0.05) is 17.5 Å². The number of carboxylic acid groups (broad SMARTS) is 1. The number of aromatic nitrogens is 1. The fourth-order valence-corrected chi connectivity index (χ4v) is 3.06. The summed E-state index contributed by atoms with van der Waals surface area (Å²) in [6.07, 6.45) is 7.40. The van der Waals surface area contributed by atoms with Crippen molar-refractivity contribution in [3.05, 3.63) is 24.0 Å². The van der Waals surface area contributed by atoms with Crippen LogP contribution in [-0.4, -0.2) is 27.1 Å². The van der Waals surface area contributed by atoms with Crippen LogP contribution in [0.15, 0.2) is 18.3 Å². The van der Waals surface area contributed by atoms with Crippen LogP contribution in [0.2, 0.25) is 0 Å². The van der Waals surface area contributed by atoms with Crippen molar-refractivity contribution >= 4 is 17.7 Å². The largest absolute Gasteiger partial charge is 0.477 e. The van der Waals surface area contributed by atoms with E-state index in [0.29, 0.717) is 17.0 Å². The molecule has 0 aliphatic heterocycles. The van der Waals surface area contributed by atoms with Gasteiger partial charge in [0.25, 0.3) is 0 Å². The van der Waals surface area contributed by atoms with Gasteiger partial charge in [-0.25, -0.2) is 4.79 Å². The van der Waals surface area contributed by atoms with Crippen LogP contribution in [0.1, 0.15) is 35.8 Å². The lowest BCUT2D eigenvalue weighted by molar-refractivity contribution is 0.0682. The molecule has 1 aliphatic rings. The predicted molar refractivity (Wildman–Crippen MR) is 61.6 cm³/mol. The number of hydrogen-bond donors (Lipinski definition) is 1. The molecule has 0 aromatic carbocycles. The average Bonchev–Trinajstić information content (AvgIpc) is 2.85. The number of rotatable bonds is 3. The van der Waals surface area contributed by atoms with Gasteiger partial charge in [0.2, 0.25) is 0 Å². The van der Waals surface area contributed by atoms with Crippen LogP contribution < -0.4 is 0 Å². The summed E-state index contributed by atoms with van der Waals surface area (Å²) in [5.41, 5.74) is 0.418. The quantitative estimate of drug-likeness (QED) is 0.860. The third-order valence-corrected chi connectivity index (χ3v) is 4.18. The van der Waals surface area contributed by atoms with Crippen molar-refractivity contribution in [2.45, 2.75) is 30.6 Å². The highest BCUT2D eigenvalue weighted by Crippen LogP contribution is 2.36. The highest BCUT2D eigenvalue weighted by Gasteiger charge is 2.27. The van der Waals surface area contributed by atoms with E-state index in [0.717, 1.165) is 12.8 Å². The molecule has 1 N–H and O–H groups in total. The number of carboxylic acids is 1. The standard InChI is InChI=1S/C11H15NO2S/c1-15-9-5-4-8(7-9)12-6-2-3-10(12)11(13)14/h2-3,6,8-9H,4-5,7H2,1H3,(H,13,14). The van der Waals surface area contributed by atoms with Gasteiger partial charge in [0.15, 0.2) is 0 Å². The van der Waals surface area contributed by atoms with E-state index in [9.17, 15) is 4.79 Å². The topological polar surface area (TPSA) is 42.2 Å². The molecule has 15 heavy (non-hydrogen) atoms. The average molecular weight is 225 g/mol. The summed E-state index contributed by atoms with van der Waals surface area (Å²) in [6, 6.07) is 3.87. The second-order valence-electron chi connectivity index (χ2n) is 3.93. The highest BCUT2D eigenvalue weighted by molar-refractivity contribution is 7.99. The first-order valence-corrected chi connectivity index (χ1v) is 6.44. The molecule has 0 spiro atoms. The Kier molecular flexibility index (Phi) is 3.05. The molecule has 2 rings (SSSR count). The second kappa shape index (κ2) is 4.31. The van der Waals surface area contributed by atoms with Crippen molar-refractivity contribution in [1.82, 2.24) is 4.57 Å². The molecule has 0 saturated heterocycles. The molecule has 1 fully saturated rings. The Morgan fingerprint density at radius 3 is 3.00 bits per heavy atom. The van der Waals surface area contributed by atoms with Gasteiger partial charge >= 0.3 is 5.97 Å². The zero-order valence-corrected chi connectivity index (χ0v) is 9.54. The lowest BCUT2D eigenvalue weighted by Crippen LogP contribution is -2.12. The molecule has 0 amide bonds. The Hall–Kier alpha value is -0.900. The minimum atomic E-state index is -0.826. The van der Waals surface area contributed by atoms with Gasteiger partial charge in [-0.15, -0.1) is 0 Å². The molecule has 1 heterocycles. The smallest absolute Gasteiger partial charge is 0.352 e. The summed E-state index contributed by atoms with van der Waals surface area (Å²) in [5.74, 6) is -0.826. The number of thioether (sulfide) groups is 1. The summed E-state index contributed by atoms with van der Waals surface area (Å²) in [7, 11) is 0. The van der Waals surface area contributed by atoms with E-state index in [1.165, 1.54) is 6.42 Å². The molecule has 82 valence electrons. The van der Waals surface area contributed by atoms with Gasteiger partial charge in [-0.3, -0.25) is 0 Å². The molecule has 2 atom stereocenters. The van der Waals surface area contributed by atoms with E-state index in [1.807, 2.05) is 28.6 Å². The van der Waals surface area contributed by atoms with Gasteiger partial charge in [-0.1, -0.05) is 0 Å². The van der Waals surface area contributed by atoms with E-state index in [2.05, 4.69) is 6.26 Å². The monoisotopic (exact) mass is 225 g/mol. The summed E-state index contributed by atoms with van der Waals surface area (Å²) < 4.78 is 1.92. The Bertz CT molecular complexity index is 361. The number of carbonyl (C=O) groups is 1. The first-order valence-electron chi connectivity index (χ1n) is 5.15. The van der Waals surface area contributed by atoms with E-state index in [4.69, 9.17) is 5.11 Å². The summed E-state index contributed by atoms with van der Waals surface area (Å²) in [5, 5.41) is 9.71. The molecule has 4 heteroatoms. The van der Waals surface area contributed by atoms with Crippen molar-refractivity contribution in [2.75, 3.05) is 6.26 Å². The minimum Gasteiger partial charge on any atom is -0.477 e. The van der Waals surface area contributed by atoms with Gasteiger partial charge in [0.1, 0.15) is 5.69 Å². The molecule has 0 bridgehead atoms. The van der Waals surface area contributed by atoms with Crippen molar-refractivity contribution in [2.24, 2.45) is 0 Å². The van der Waals surface area contributed by atoms with Gasteiger partial charge in [0.05, 0.1) is 0 Å². The molecule has 1 saturated carbocycles. The summed E-state index contributed by atoms with van der Waals surface area (Å²) in [4.78, 5) is 11.0. The van der Waals surface area contributed by atoms with Crippen LogP contribution in [-0.2, 0) is 0 Å². The third kappa shape index (κ3) is 2.04. The van der Waals surface area contributed by atoms with Crippen molar-refractivity contribution in [1.29, 1.82) is 0 Å². The van der Waals surface area contributed by atoms with Crippen molar-refractivity contribution in [3.63, 3.8) is 0 Å². The van der Waals surface area contributed by atoms with Crippen LogP contribution in [0.5, 0.6) is 0 Å². The SMILES string of the molecule is CSC1CCC(n2cccc2C(=O)O)C1. The number of nitrogens with zero attached hydrogens (tertiary/aromatic N) is 1. The molecule has 0 radical (unpaired) electrons. The Morgan fingerprint density at radius 2 is 2.40 bits per heavy atom. The van der Waals surface area contributed by atoms with Gasteiger partial charge in [-0.05, 0) is 37.7 Å². The lowest BCUT2D eigenvalue weighted by atomic mass is 10.2. The maximum atomic E-state index is 11.0. The van der Waals surface area contributed by atoms with Crippen molar-refractivity contribution < 1.29 is 9.90 Å². The molecule has 3 nitrogen and oxygen atoms in total. The maximum absolute atomic E-state index is 11.0. The number of hydrogen-bond acceptors (Lipinski definition) is 2. The maximum Gasteiger partial charge on any atom is 0.352 e. The fourth-order valence-electron chi connectivity index (χ4n) is 2.28. The predicted octanol–water partition coefficient (Wildman–Crippen LogP) is 2.64. The summed E-state index contributed by atoms with van der Waals surface area (Å²) in [6.45, 7) is 0. The fraction of sp³-hybridized carbons (Fsp3) is 0.545. The van der Waals surface area contributed by atoms with Crippen LogP contribution >= 0.6 is 11.8 Å². The molecule has 1 aliphatic carbocycles. The van der Waals surface area contributed by atoms with Crippen LogP contribution in [0, 0.1) is 0 Å². The Labute approximate surface area is 93.5 Å². The zero-order valence-electron chi connectivity index (χ0n) is 8.72. The van der Waals surface area contributed by atoms with Crippen LogP contribution in [0.4, 0.5) is 0 Å². The van der Waals surface area contributed by atoms with E-state index in [-0.39, 0.29) is 0 Å². The highest BCUT2D eigenvalue weighted by atomic mass is 32.2. The Balaban J connectivity index is 2.16. The second-order valence-corrected chi connectivity index (χ2v) is 5.07. The third-order valence-electron chi connectivity index (χ3n) is 3.08. The zero-order chi connectivity index (χ0) is 10.8. The van der Waals surface area contributed by atoms with E-state index < -0.39 is 5.97 Å². The van der Waals surface area contributed by atoms with E-state index >= 15 is 0 Å². The van der Waals surface area contributed by atoms with Crippen LogP contribution in [0.25, 0.3) is 0 Å².